The molecule has 0 aliphatic carbocycles. The SMILES string of the molecule is O=[N+]([O-])c1ccc(S(=O)(=O)N2CCC(N3CCOCC3)CC2)cc1. The standard InChI is InChI=1S/C15H21N3O5S/c19-18(20)14-1-3-15(4-2-14)24(21,22)17-7-5-13(6-8-17)16-9-11-23-12-10-16/h1-4,13H,5-12H2. The van der Waals surface area contributed by atoms with Crippen LogP contribution in [0.5, 0.6) is 0 Å². The topological polar surface area (TPSA) is 93.0 Å². The predicted octanol–water partition coefficient (Wildman–Crippen LogP) is 1.08. The molecule has 0 spiro atoms. The van der Waals surface area contributed by atoms with Crippen LogP contribution in [0.3, 0.4) is 0 Å². The summed E-state index contributed by atoms with van der Waals surface area (Å²) in [6.45, 7) is 4.23. The normalized spacial score (nSPS) is 21.7. The molecule has 1 aromatic rings. The van der Waals surface area contributed by atoms with Crippen molar-refractivity contribution in [3.63, 3.8) is 0 Å². The summed E-state index contributed by atoms with van der Waals surface area (Å²) in [6.07, 6.45) is 1.60. The molecule has 2 heterocycles. The molecule has 0 bridgehead atoms. The second-order valence-corrected chi connectivity index (χ2v) is 7.97. The van der Waals surface area contributed by atoms with Gasteiger partial charge in [-0.1, -0.05) is 0 Å². The van der Waals surface area contributed by atoms with Gasteiger partial charge in [0.2, 0.25) is 10.0 Å². The molecule has 8 nitrogen and oxygen atoms in total. The van der Waals surface area contributed by atoms with E-state index < -0.39 is 14.9 Å². The summed E-state index contributed by atoms with van der Waals surface area (Å²) < 4.78 is 32.2. The molecule has 2 aliphatic heterocycles. The van der Waals surface area contributed by atoms with E-state index in [-0.39, 0.29) is 10.6 Å². The molecule has 24 heavy (non-hydrogen) atoms. The van der Waals surface area contributed by atoms with E-state index >= 15 is 0 Å². The minimum Gasteiger partial charge on any atom is -0.379 e. The smallest absolute Gasteiger partial charge is 0.269 e. The van der Waals surface area contributed by atoms with Crippen molar-refractivity contribution in [1.29, 1.82) is 0 Å². The zero-order valence-electron chi connectivity index (χ0n) is 13.3. The van der Waals surface area contributed by atoms with Crippen LogP contribution in [0.1, 0.15) is 12.8 Å². The molecular formula is C15H21N3O5S. The number of nitro benzene ring substituents is 1. The summed E-state index contributed by atoms with van der Waals surface area (Å²) in [5, 5.41) is 10.7. The molecule has 0 radical (unpaired) electrons. The lowest BCUT2D eigenvalue weighted by Crippen LogP contribution is -2.50. The first-order valence-corrected chi connectivity index (χ1v) is 9.49. The van der Waals surface area contributed by atoms with Crippen LogP contribution < -0.4 is 0 Å². The number of non-ortho nitro benzene ring substituents is 1. The fourth-order valence-electron chi connectivity index (χ4n) is 3.28. The van der Waals surface area contributed by atoms with Crippen LogP contribution in [-0.2, 0) is 14.8 Å². The zero-order valence-corrected chi connectivity index (χ0v) is 14.2. The average molecular weight is 355 g/mol. The number of hydrogen-bond donors (Lipinski definition) is 0. The van der Waals surface area contributed by atoms with Gasteiger partial charge in [-0.05, 0) is 25.0 Å². The fraction of sp³-hybridized carbons (Fsp3) is 0.600. The summed E-state index contributed by atoms with van der Waals surface area (Å²) in [7, 11) is -3.59. The largest absolute Gasteiger partial charge is 0.379 e. The van der Waals surface area contributed by atoms with Crippen LogP contribution in [0.2, 0.25) is 0 Å². The van der Waals surface area contributed by atoms with Gasteiger partial charge in [0.1, 0.15) is 0 Å². The van der Waals surface area contributed by atoms with Crippen LogP contribution in [0.15, 0.2) is 29.2 Å². The van der Waals surface area contributed by atoms with E-state index in [9.17, 15) is 18.5 Å². The van der Waals surface area contributed by atoms with E-state index in [1.165, 1.54) is 28.6 Å². The van der Waals surface area contributed by atoms with E-state index in [1.807, 2.05) is 0 Å². The van der Waals surface area contributed by atoms with Gasteiger partial charge in [0, 0.05) is 44.4 Å². The minimum absolute atomic E-state index is 0.109. The van der Waals surface area contributed by atoms with Crippen LogP contribution in [0, 0.1) is 10.1 Å². The summed E-state index contributed by atoms with van der Waals surface area (Å²) in [5.74, 6) is 0. The number of benzene rings is 1. The average Bonchev–Trinajstić information content (AvgIpc) is 2.62. The molecule has 0 N–H and O–H groups in total. The Balaban J connectivity index is 1.65. The fourth-order valence-corrected chi connectivity index (χ4v) is 4.75. The lowest BCUT2D eigenvalue weighted by molar-refractivity contribution is -0.384. The molecule has 2 fully saturated rings. The van der Waals surface area contributed by atoms with Gasteiger partial charge in [-0.2, -0.15) is 4.31 Å². The number of nitrogens with zero attached hydrogens (tertiary/aromatic N) is 3. The van der Waals surface area contributed by atoms with Gasteiger partial charge in [-0.3, -0.25) is 15.0 Å². The van der Waals surface area contributed by atoms with Gasteiger partial charge in [-0.25, -0.2) is 8.42 Å². The van der Waals surface area contributed by atoms with Gasteiger partial charge in [0.05, 0.1) is 23.0 Å². The Bertz CT molecular complexity index is 678. The molecule has 2 aliphatic rings. The highest BCUT2D eigenvalue weighted by Gasteiger charge is 2.32. The van der Waals surface area contributed by atoms with Crippen LogP contribution in [0.4, 0.5) is 5.69 Å². The van der Waals surface area contributed by atoms with Crippen molar-refractivity contribution < 1.29 is 18.1 Å². The second-order valence-electron chi connectivity index (χ2n) is 6.03. The molecule has 1 aromatic carbocycles. The van der Waals surface area contributed by atoms with Gasteiger partial charge >= 0.3 is 0 Å². The van der Waals surface area contributed by atoms with E-state index in [4.69, 9.17) is 4.74 Å². The highest BCUT2D eigenvalue weighted by atomic mass is 32.2. The third-order valence-electron chi connectivity index (χ3n) is 4.67. The lowest BCUT2D eigenvalue weighted by Gasteiger charge is -2.39. The van der Waals surface area contributed by atoms with Gasteiger partial charge in [-0.15, -0.1) is 0 Å². The molecular weight excluding hydrogens is 334 g/mol. The van der Waals surface area contributed by atoms with Crippen molar-refractivity contribution in [1.82, 2.24) is 9.21 Å². The first-order valence-electron chi connectivity index (χ1n) is 8.05. The molecule has 0 aromatic heterocycles. The molecule has 3 rings (SSSR count). The molecule has 132 valence electrons. The Morgan fingerprint density at radius 1 is 1.04 bits per heavy atom. The van der Waals surface area contributed by atoms with E-state index in [2.05, 4.69) is 4.90 Å². The Morgan fingerprint density at radius 3 is 2.17 bits per heavy atom. The molecule has 0 saturated carbocycles. The summed E-state index contributed by atoms with van der Waals surface area (Å²) in [4.78, 5) is 12.6. The minimum atomic E-state index is -3.59. The number of ether oxygens (including phenoxy) is 1. The van der Waals surface area contributed by atoms with E-state index in [0.717, 1.165) is 39.1 Å². The summed E-state index contributed by atoms with van der Waals surface area (Å²) >= 11 is 0. The maximum Gasteiger partial charge on any atom is 0.269 e. The zero-order chi connectivity index (χ0) is 17.2. The third kappa shape index (κ3) is 3.59. The Kier molecular flexibility index (Phi) is 5.14. The number of rotatable bonds is 4. The monoisotopic (exact) mass is 355 g/mol. The molecule has 0 atom stereocenters. The van der Waals surface area contributed by atoms with Crippen molar-refractivity contribution >= 4 is 15.7 Å². The highest BCUT2D eigenvalue weighted by Crippen LogP contribution is 2.25. The third-order valence-corrected chi connectivity index (χ3v) is 6.58. The Morgan fingerprint density at radius 2 is 1.62 bits per heavy atom. The first-order chi connectivity index (χ1) is 11.5. The van der Waals surface area contributed by atoms with Crippen molar-refractivity contribution in [3.8, 4) is 0 Å². The van der Waals surface area contributed by atoms with Gasteiger partial charge in [0.15, 0.2) is 0 Å². The van der Waals surface area contributed by atoms with Crippen molar-refractivity contribution in [2.24, 2.45) is 0 Å². The maximum absolute atomic E-state index is 12.7. The lowest BCUT2D eigenvalue weighted by atomic mass is 10.0. The van der Waals surface area contributed by atoms with Crippen LogP contribution in [0.25, 0.3) is 0 Å². The molecule has 9 heteroatoms. The first kappa shape index (κ1) is 17.3. The Labute approximate surface area is 141 Å². The number of sulfonamides is 1. The molecule has 2 saturated heterocycles. The van der Waals surface area contributed by atoms with Crippen LogP contribution in [-0.4, -0.2) is 68.0 Å². The number of morpholine rings is 1. The molecule has 0 unspecified atom stereocenters. The van der Waals surface area contributed by atoms with E-state index in [0.29, 0.717) is 19.1 Å². The number of hydrogen-bond acceptors (Lipinski definition) is 6. The Hall–Kier alpha value is -1.55. The van der Waals surface area contributed by atoms with Crippen molar-refractivity contribution in [2.45, 2.75) is 23.8 Å². The van der Waals surface area contributed by atoms with Crippen LogP contribution >= 0.6 is 0 Å². The number of nitro groups is 1. The highest BCUT2D eigenvalue weighted by molar-refractivity contribution is 7.89. The van der Waals surface area contributed by atoms with Crippen molar-refractivity contribution in [2.75, 3.05) is 39.4 Å². The van der Waals surface area contributed by atoms with Gasteiger partial charge in [0.25, 0.3) is 5.69 Å². The summed E-state index contributed by atoms with van der Waals surface area (Å²) in [6, 6.07) is 5.47. The predicted molar refractivity (Wildman–Crippen MR) is 87.3 cm³/mol. The van der Waals surface area contributed by atoms with Gasteiger partial charge < -0.3 is 4.74 Å². The molecule has 0 amide bonds. The number of piperidine rings is 1. The summed E-state index contributed by atoms with van der Waals surface area (Å²) in [5.41, 5.74) is -0.111. The second kappa shape index (κ2) is 7.14. The quantitative estimate of drug-likeness (QED) is 0.593. The van der Waals surface area contributed by atoms with Crippen molar-refractivity contribution in [3.05, 3.63) is 34.4 Å². The van der Waals surface area contributed by atoms with E-state index in [1.54, 1.807) is 0 Å². The maximum atomic E-state index is 12.7.